The molecule has 3 aromatic rings. The Morgan fingerprint density at radius 1 is 1.07 bits per heavy atom. The van der Waals surface area contributed by atoms with Gasteiger partial charge in [-0.1, -0.05) is 70.5 Å². The summed E-state index contributed by atoms with van der Waals surface area (Å²) in [5.41, 5.74) is 4.69. The maximum absolute atomic E-state index is 12.0. The molecule has 0 spiro atoms. The number of hydrazone groups is 1. The van der Waals surface area contributed by atoms with E-state index >= 15 is 0 Å². The average Bonchev–Trinajstić information content (AvgIpc) is 2.73. The number of aliphatic hydroxyl groups is 1. The number of ether oxygens (including phenoxy) is 1. The quantitative estimate of drug-likeness (QED) is 0.428. The molecule has 0 aliphatic heterocycles. The Kier molecular flexibility index (Phi) is 6.94. The third kappa shape index (κ3) is 5.77. The lowest BCUT2D eigenvalue weighted by molar-refractivity contribution is -0.129. The topological polar surface area (TPSA) is 70.9 Å². The van der Waals surface area contributed by atoms with Gasteiger partial charge in [-0.3, -0.25) is 4.79 Å². The molecule has 3 rings (SSSR count). The Labute approximate surface area is 171 Å². The monoisotopic (exact) mass is 438 g/mol. The number of carbonyl (C=O) groups is 1. The van der Waals surface area contributed by atoms with E-state index < -0.39 is 12.0 Å². The van der Waals surface area contributed by atoms with Crippen LogP contribution in [0.2, 0.25) is 0 Å². The second-order valence-corrected chi connectivity index (χ2v) is 6.95. The average molecular weight is 439 g/mol. The van der Waals surface area contributed by atoms with E-state index in [9.17, 15) is 9.90 Å². The Balaban J connectivity index is 1.55. The van der Waals surface area contributed by atoms with E-state index in [1.54, 1.807) is 24.3 Å². The van der Waals surface area contributed by atoms with Crippen molar-refractivity contribution in [2.45, 2.75) is 12.7 Å². The van der Waals surface area contributed by atoms with Gasteiger partial charge in [-0.2, -0.15) is 5.10 Å². The summed E-state index contributed by atoms with van der Waals surface area (Å²) in [5.74, 6) is 0.104. The van der Waals surface area contributed by atoms with Gasteiger partial charge in [0.05, 0.1) is 6.21 Å². The zero-order valence-corrected chi connectivity index (χ0v) is 16.5. The third-order valence-electron chi connectivity index (χ3n) is 3.93. The molecule has 0 fully saturated rings. The molecule has 142 valence electrons. The second-order valence-electron chi connectivity index (χ2n) is 6.04. The number of rotatable bonds is 7. The van der Waals surface area contributed by atoms with Gasteiger partial charge in [0.2, 0.25) is 0 Å². The van der Waals surface area contributed by atoms with Gasteiger partial charge in [0, 0.05) is 4.47 Å². The normalized spacial score (nSPS) is 11.9. The van der Waals surface area contributed by atoms with Crippen LogP contribution in [-0.4, -0.2) is 17.2 Å². The van der Waals surface area contributed by atoms with E-state index in [1.807, 2.05) is 54.6 Å². The molecular weight excluding hydrogens is 420 g/mol. The first-order valence-electron chi connectivity index (χ1n) is 8.65. The molecular formula is C22H19BrN2O3. The number of hydrogen-bond donors (Lipinski definition) is 2. The minimum atomic E-state index is -1.26. The fourth-order valence-corrected chi connectivity index (χ4v) is 2.71. The summed E-state index contributed by atoms with van der Waals surface area (Å²) in [6.07, 6.45) is 0.237. The van der Waals surface area contributed by atoms with E-state index in [0.29, 0.717) is 17.9 Å². The molecule has 0 saturated heterocycles. The number of aliphatic hydroxyl groups excluding tert-OH is 1. The zero-order chi connectivity index (χ0) is 19.8. The van der Waals surface area contributed by atoms with Crippen molar-refractivity contribution in [1.29, 1.82) is 0 Å². The molecule has 0 bridgehead atoms. The number of amides is 1. The number of halogens is 1. The van der Waals surface area contributed by atoms with Gasteiger partial charge in [-0.25, -0.2) is 5.43 Å². The first-order valence-corrected chi connectivity index (χ1v) is 9.44. The zero-order valence-electron chi connectivity index (χ0n) is 15.0. The minimum absolute atomic E-state index is 0.452. The van der Waals surface area contributed by atoms with Crippen LogP contribution in [0.1, 0.15) is 22.8 Å². The molecule has 0 unspecified atom stereocenters. The van der Waals surface area contributed by atoms with Gasteiger partial charge in [0.25, 0.3) is 5.91 Å². The highest BCUT2D eigenvalue weighted by Crippen LogP contribution is 2.16. The second kappa shape index (κ2) is 9.82. The molecule has 0 radical (unpaired) electrons. The predicted molar refractivity (Wildman–Crippen MR) is 112 cm³/mol. The van der Waals surface area contributed by atoms with Crippen molar-refractivity contribution in [2.75, 3.05) is 0 Å². The van der Waals surface area contributed by atoms with Gasteiger partial charge >= 0.3 is 0 Å². The largest absolute Gasteiger partial charge is 0.489 e. The van der Waals surface area contributed by atoms with Crippen LogP contribution >= 0.6 is 15.9 Å². The number of benzene rings is 3. The van der Waals surface area contributed by atoms with Crippen molar-refractivity contribution in [3.63, 3.8) is 0 Å². The van der Waals surface area contributed by atoms with Gasteiger partial charge in [0.1, 0.15) is 12.4 Å². The van der Waals surface area contributed by atoms with Crippen molar-refractivity contribution < 1.29 is 14.6 Å². The molecule has 28 heavy (non-hydrogen) atoms. The lowest BCUT2D eigenvalue weighted by Gasteiger charge is -2.09. The van der Waals surface area contributed by atoms with Crippen molar-refractivity contribution >= 4 is 28.1 Å². The van der Waals surface area contributed by atoms with Gasteiger partial charge in [-0.15, -0.1) is 0 Å². The van der Waals surface area contributed by atoms with Crippen molar-refractivity contribution in [3.8, 4) is 5.75 Å². The summed E-state index contributed by atoms with van der Waals surface area (Å²) in [6, 6.07) is 24.0. The van der Waals surface area contributed by atoms with E-state index in [1.165, 1.54) is 6.21 Å². The van der Waals surface area contributed by atoms with Crippen LogP contribution < -0.4 is 10.2 Å². The van der Waals surface area contributed by atoms with Crippen LogP contribution in [0.3, 0.4) is 0 Å². The van der Waals surface area contributed by atoms with E-state index in [-0.39, 0.29) is 0 Å². The highest BCUT2D eigenvalue weighted by molar-refractivity contribution is 9.10. The molecule has 1 amide bonds. The Bertz CT molecular complexity index is 944. The number of nitrogens with zero attached hydrogens (tertiary/aromatic N) is 1. The first kappa shape index (κ1) is 19.8. The summed E-state index contributed by atoms with van der Waals surface area (Å²) in [4.78, 5) is 12.0. The van der Waals surface area contributed by atoms with Crippen molar-refractivity contribution in [2.24, 2.45) is 5.10 Å². The standard InChI is InChI=1S/C22H19BrN2O3/c23-19-11-9-16(10-12-19)15-28-20-8-4-5-17(13-20)14-24-25-22(27)21(26)18-6-2-1-3-7-18/h1-14,21,26H,15H2,(H,25,27)/b24-14-/t21-/m1/s1. The van der Waals surface area contributed by atoms with Crippen LogP contribution in [0.25, 0.3) is 0 Å². The maximum atomic E-state index is 12.0. The van der Waals surface area contributed by atoms with Crippen LogP contribution in [-0.2, 0) is 11.4 Å². The van der Waals surface area contributed by atoms with Crippen LogP contribution in [0, 0.1) is 0 Å². The van der Waals surface area contributed by atoms with E-state index in [0.717, 1.165) is 15.6 Å². The molecule has 3 aromatic carbocycles. The van der Waals surface area contributed by atoms with Gasteiger partial charge < -0.3 is 9.84 Å². The molecule has 0 heterocycles. The Hall–Kier alpha value is -2.96. The SMILES string of the molecule is O=C(N/N=C\c1cccc(OCc2ccc(Br)cc2)c1)[C@H](O)c1ccccc1. The summed E-state index contributed by atoms with van der Waals surface area (Å²) in [7, 11) is 0. The lowest BCUT2D eigenvalue weighted by atomic mass is 10.1. The predicted octanol–water partition coefficient (Wildman–Crippen LogP) is 4.21. The molecule has 0 aliphatic rings. The third-order valence-corrected chi connectivity index (χ3v) is 4.46. The Morgan fingerprint density at radius 2 is 1.82 bits per heavy atom. The molecule has 2 N–H and O–H groups in total. The van der Waals surface area contributed by atoms with Crippen LogP contribution in [0.4, 0.5) is 0 Å². The number of hydrogen-bond acceptors (Lipinski definition) is 4. The lowest BCUT2D eigenvalue weighted by Crippen LogP contribution is -2.25. The summed E-state index contributed by atoms with van der Waals surface area (Å²) in [5, 5.41) is 13.9. The molecule has 5 nitrogen and oxygen atoms in total. The van der Waals surface area contributed by atoms with Crippen molar-refractivity contribution in [3.05, 3.63) is 100 Å². The van der Waals surface area contributed by atoms with E-state index in [2.05, 4.69) is 26.5 Å². The molecule has 0 aromatic heterocycles. The fraction of sp³-hybridized carbons (Fsp3) is 0.0909. The number of nitrogens with one attached hydrogen (secondary N) is 1. The summed E-state index contributed by atoms with van der Waals surface area (Å²) >= 11 is 3.41. The molecule has 1 atom stereocenters. The van der Waals surface area contributed by atoms with Gasteiger partial charge in [-0.05, 0) is 41.0 Å². The smallest absolute Gasteiger partial charge is 0.273 e. The summed E-state index contributed by atoms with van der Waals surface area (Å²) in [6.45, 7) is 0.452. The van der Waals surface area contributed by atoms with Crippen LogP contribution in [0.5, 0.6) is 5.75 Å². The van der Waals surface area contributed by atoms with Gasteiger partial charge in [0.15, 0.2) is 6.10 Å². The minimum Gasteiger partial charge on any atom is -0.489 e. The highest BCUT2D eigenvalue weighted by Gasteiger charge is 2.15. The molecule has 0 aliphatic carbocycles. The van der Waals surface area contributed by atoms with Crippen molar-refractivity contribution in [1.82, 2.24) is 5.43 Å². The van der Waals surface area contributed by atoms with Crippen LogP contribution in [0.15, 0.2) is 88.4 Å². The molecule has 6 heteroatoms. The number of carbonyl (C=O) groups excluding carboxylic acids is 1. The molecule has 0 saturated carbocycles. The highest BCUT2D eigenvalue weighted by atomic mass is 79.9. The summed E-state index contributed by atoms with van der Waals surface area (Å²) < 4.78 is 6.81. The van der Waals surface area contributed by atoms with E-state index in [4.69, 9.17) is 4.74 Å². The Morgan fingerprint density at radius 3 is 2.57 bits per heavy atom. The first-order chi connectivity index (χ1) is 13.6. The maximum Gasteiger partial charge on any atom is 0.273 e. The fourth-order valence-electron chi connectivity index (χ4n) is 2.45.